The van der Waals surface area contributed by atoms with Crippen molar-refractivity contribution in [3.63, 3.8) is 0 Å². The Morgan fingerprint density at radius 1 is 1.12 bits per heavy atom. The Morgan fingerprint density at radius 2 is 1.91 bits per heavy atom. The minimum Gasteiger partial charge on any atom is -0.478 e. The van der Waals surface area contributed by atoms with E-state index in [1.165, 1.54) is 5.56 Å². The van der Waals surface area contributed by atoms with E-state index in [0.717, 1.165) is 67.0 Å². The Kier molecular flexibility index (Phi) is 6.04. The smallest absolute Gasteiger partial charge is 0.337 e. The van der Waals surface area contributed by atoms with Crippen LogP contribution in [0.4, 0.5) is 5.69 Å². The number of carboxylic acids is 1. The van der Waals surface area contributed by atoms with E-state index in [1.807, 2.05) is 12.1 Å². The van der Waals surface area contributed by atoms with Gasteiger partial charge in [0.25, 0.3) is 0 Å². The number of fused-ring (bicyclic) bond motifs is 1. The van der Waals surface area contributed by atoms with Crippen molar-refractivity contribution >= 4 is 22.6 Å². The maximum Gasteiger partial charge on any atom is 0.337 e. The summed E-state index contributed by atoms with van der Waals surface area (Å²) in [5.74, 6) is -0.252. The summed E-state index contributed by atoms with van der Waals surface area (Å²) < 4.78 is 11.3. The normalized spacial score (nSPS) is 19.8. The number of aromatic nitrogens is 1. The highest BCUT2D eigenvalue weighted by Gasteiger charge is 2.30. The first-order valence-electron chi connectivity index (χ1n) is 11.7. The predicted octanol–water partition coefficient (Wildman–Crippen LogP) is 5.42. The van der Waals surface area contributed by atoms with Gasteiger partial charge in [0.15, 0.2) is 0 Å². The van der Waals surface area contributed by atoms with E-state index >= 15 is 0 Å². The fourth-order valence-corrected chi connectivity index (χ4v) is 4.98. The third-order valence-electron chi connectivity index (χ3n) is 6.79. The number of nitrogens with one attached hydrogen (secondary N) is 1. The van der Waals surface area contributed by atoms with Gasteiger partial charge in [-0.1, -0.05) is 18.2 Å². The predicted molar refractivity (Wildman–Crippen MR) is 128 cm³/mol. The maximum absolute atomic E-state index is 11.7. The van der Waals surface area contributed by atoms with Gasteiger partial charge in [-0.15, -0.1) is 0 Å². The molecule has 0 amide bonds. The zero-order valence-corrected chi connectivity index (χ0v) is 19.1. The lowest BCUT2D eigenvalue weighted by Gasteiger charge is -2.32. The molecule has 0 radical (unpaired) electrons. The third-order valence-corrected chi connectivity index (χ3v) is 6.79. The summed E-state index contributed by atoms with van der Waals surface area (Å²) in [5.41, 5.74) is 6.54. The topological polar surface area (TPSA) is 80.7 Å². The lowest BCUT2D eigenvalue weighted by Crippen LogP contribution is -2.29. The van der Waals surface area contributed by atoms with Crippen LogP contribution in [0.3, 0.4) is 0 Å². The van der Waals surface area contributed by atoms with Crippen molar-refractivity contribution in [1.82, 2.24) is 4.98 Å². The van der Waals surface area contributed by atoms with Crippen molar-refractivity contribution in [1.29, 1.82) is 0 Å². The van der Waals surface area contributed by atoms with Crippen LogP contribution < -0.4 is 5.32 Å². The molecule has 5 rings (SSSR count). The number of benzene rings is 2. The Hall–Kier alpha value is -2.96. The number of ether oxygens (including phenoxy) is 2. The van der Waals surface area contributed by atoms with Crippen LogP contribution in [0, 0.1) is 6.92 Å². The summed E-state index contributed by atoms with van der Waals surface area (Å²) >= 11 is 0. The highest BCUT2D eigenvalue weighted by molar-refractivity contribution is 5.94. The summed E-state index contributed by atoms with van der Waals surface area (Å²) in [6.07, 6.45) is 2.17. The Morgan fingerprint density at radius 3 is 2.61 bits per heavy atom. The van der Waals surface area contributed by atoms with Gasteiger partial charge in [-0.05, 0) is 67.6 Å². The summed E-state index contributed by atoms with van der Waals surface area (Å²) in [6, 6.07) is 13.6. The lowest BCUT2D eigenvalue weighted by molar-refractivity contribution is 0.00566. The van der Waals surface area contributed by atoms with Crippen LogP contribution in [-0.2, 0) is 9.47 Å². The summed E-state index contributed by atoms with van der Waals surface area (Å²) in [4.78, 5) is 16.9. The van der Waals surface area contributed by atoms with Gasteiger partial charge in [0.1, 0.15) is 0 Å². The second-order valence-corrected chi connectivity index (χ2v) is 9.25. The van der Waals surface area contributed by atoms with Crippen molar-refractivity contribution in [3.8, 4) is 0 Å². The number of hydrogen-bond donors (Lipinski definition) is 2. The molecule has 0 unspecified atom stereocenters. The zero-order chi connectivity index (χ0) is 22.9. The number of carboxylic acid groups (broad SMARTS) is 1. The molecule has 0 aliphatic carbocycles. The molecule has 3 aromatic rings. The lowest BCUT2D eigenvalue weighted by atomic mass is 9.85. The number of para-hydroxylation sites is 1. The van der Waals surface area contributed by atoms with Crippen molar-refractivity contribution < 1.29 is 19.4 Å². The monoisotopic (exact) mass is 446 g/mol. The van der Waals surface area contributed by atoms with Crippen LogP contribution in [0.5, 0.6) is 0 Å². The van der Waals surface area contributed by atoms with Gasteiger partial charge >= 0.3 is 5.97 Å². The van der Waals surface area contributed by atoms with Gasteiger partial charge in [0, 0.05) is 35.6 Å². The number of carbonyl (C=O) groups is 1. The van der Waals surface area contributed by atoms with E-state index in [2.05, 4.69) is 37.4 Å². The number of rotatable bonds is 6. The van der Waals surface area contributed by atoms with E-state index in [4.69, 9.17) is 14.5 Å². The molecule has 6 nitrogen and oxygen atoms in total. The number of anilines is 1. The van der Waals surface area contributed by atoms with Gasteiger partial charge in [-0.2, -0.15) is 0 Å². The molecular weight excluding hydrogens is 416 g/mol. The van der Waals surface area contributed by atoms with Crippen LogP contribution in [0.2, 0.25) is 0 Å². The first-order valence-corrected chi connectivity index (χ1v) is 11.7. The number of nitrogens with zero attached hydrogens (tertiary/aromatic N) is 1. The molecule has 2 N–H and O–H groups in total. The number of pyridine rings is 1. The van der Waals surface area contributed by atoms with Crippen molar-refractivity contribution in [2.24, 2.45) is 0 Å². The summed E-state index contributed by atoms with van der Waals surface area (Å²) in [5, 5.41) is 14.1. The average Bonchev–Trinajstić information content (AvgIpc) is 2.77. The van der Waals surface area contributed by atoms with Gasteiger partial charge in [-0.25, -0.2) is 4.79 Å². The first kappa shape index (κ1) is 21.9. The van der Waals surface area contributed by atoms with E-state index in [-0.39, 0.29) is 11.6 Å². The summed E-state index contributed by atoms with van der Waals surface area (Å²) in [7, 11) is 0. The van der Waals surface area contributed by atoms with Crippen LogP contribution in [0.25, 0.3) is 10.9 Å². The number of hydrogen-bond acceptors (Lipinski definition) is 5. The molecule has 3 heterocycles. The maximum atomic E-state index is 11.7. The molecule has 6 heteroatoms. The first-order chi connectivity index (χ1) is 16.0. The SMILES string of the molecule is Cc1cc([C@H](C)Nc2ccccc2C(=O)O)c2cc([C@H]3CCCOC3)c(C3COC3)nc2c1. The van der Waals surface area contributed by atoms with Crippen molar-refractivity contribution in [2.75, 3.05) is 31.7 Å². The largest absolute Gasteiger partial charge is 0.478 e. The average molecular weight is 447 g/mol. The van der Waals surface area contributed by atoms with Crippen LogP contribution in [0.15, 0.2) is 42.5 Å². The molecule has 2 atom stereocenters. The Balaban J connectivity index is 1.59. The third kappa shape index (κ3) is 4.33. The number of aryl methyl sites for hydroxylation is 1. The van der Waals surface area contributed by atoms with E-state index < -0.39 is 5.97 Å². The van der Waals surface area contributed by atoms with Crippen LogP contribution >= 0.6 is 0 Å². The number of aromatic carboxylic acids is 1. The van der Waals surface area contributed by atoms with Crippen molar-refractivity contribution in [3.05, 3.63) is 70.4 Å². The molecule has 1 aromatic heterocycles. The van der Waals surface area contributed by atoms with Gasteiger partial charge in [0.05, 0.1) is 36.6 Å². The molecule has 0 bridgehead atoms. The zero-order valence-electron chi connectivity index (χ0n) is 19.1. The molecule has 2 aliphatic heterocycles. The molecule has 172 valence electrons. The highest BCUT2D eigenvalue weighted by Crippen LogP contribution is 2.38. The fraction of sp³-hybridized carbons (Fsp3) is 0.407. The minimum atomic E-state index is -0.937. The van der Waals surface area contributed by atoms with Crippen LogP contribution in [0.1, 0.15) is 70.4 Å². The highest BCUT2D eigenvalue weighted by atomic mass is 16.5. The molecule has 33 heavy (non-hydrogen) atoms. The van der Waals surface area contributed by atoms with Gasteiger partial charge in [0.2, 0.25) is 0 Å². The molecule has 0 saturated carbocycles. The molecule has 2 saturated heterocycles. The molecular formula is C27H30N2O4. The van der Waals surface area contributed by atoms with Crippen LogP contribution in [-0.4, -0.2) is 42.5 Å². The molecule has 2 fully saturated rings. The van der Waals surface area contributed by atoms with Gasteiger partial charge in [-0.3, -0.25) is 4.98 Å². The van der Waals surface area contributed by atoms with E-state index in [1.54, 1.807) is 12.1 Å². The molecule has 0 spiro atoms. The van der Waals surface area contributed by atoms with Crippen molar-refractivity contribution in [2.45, 2.75) is 44.6 Å². The fourth-order valence-electron chi connectivity index (χ4n) is 4.98. The quantitative estimate of drug-likeness (QED) is 0.526. The van der Waals surface area contributed by atoms with Gasteiger partial charge < -0.3 is 19.9 Å². The molecule has 2 aromatic carbocycles. The second kappa shape index (κ2) is 9.12. The Bertz CT molecular complexity index is 1180. The standard InChI is InChI=1S/C27H30N2O4/c1-16-10-21(17(2)28-24-8-4-3-7-20(24)27(30)31)23-12-22(18-6-5-9-32-13-18)26(19-14-33-15-19)29-25(23)11-16/h3-4,7-8,10-12,17-19,28H,5-6,9,13-15H2,1-2H3,(H,30,31)/t17-,18-/m0/s1. The molecule has 2 aliphatic rings. The summed E-state index contributed by atoms with van der Waals surface area (Å²) in [6.45, 7) is 7.16. The second-order valence-electron chi connectivity index (χ2n) is 9.25. The minimum absolute atomic E-state index is 0.0944. The Labute approximate surface area is 193 Å². The van der Waals surface area contributed by atoms with E-state index in [0.29, 0.717) is 17.5 Å². The van der Waals surface area contributed by atoms with E-state index in [9.17, 15) is 9.90 Å².